The molecule has 0 spiro atoms. The second kappa shape index (κ2) is 29.7. The van der Waals surface area contributed by atoms with E-state index < -0.39 is 0 Å². The number of hydrogen-bond donors (Lipinski definition) is 6. The lowest BCUT2D eigenvalue weighted by atomic mass is 10.0. The number of carbonyl (C=O) groups excluding carboxylic acids is 5. The molecule has 0 saturated heterocycles. The van der Waals surface area contributed by atoms with Crippen LogP contribution in [0.5, 0.6) is 0 Å². The molecule has 244 valence electrons. The van der Waals surface area contributed by atoms with E-state index in [4.69, 9.17) is 14.7 Å². The average Bonchev–Trinajstić information content (AvgIpc) is 2.96. The Kier molecular flexibility index (Phi) is 27.7. The summed E-state index contributed by atoms with van der Waals surface area (Å²) in [5.74, 6) is -0.674. The summed E-state index contributed by atoms with van der Waals surface area (Å²) >= 11 is 0. The van der Waals surface area contributed by atoms with Crippen LogP contribution in [0, 0.1) is 0 Å². The minimum Gasteiger partial charge on any atom is -0.385 e. The van der Waals surface area contributed by atoms with Crippen LogP contribution in [-0.4, -0.2) is 101 Å². The van der Waals surface area contributed by atoms with Crippen molar-refractivity contribution in [1.82, 2.24) is 26.6 Å². The fourth-order valence-corrected chi connectivity index (χ4v) is 3.95. The van der Waals surface area contributed by atoms with E-state index in [-0.39, 0.29) is 62.3 Å². The molecule has 0 aliphatic heterocycles. The van der Waals surface area contributed by atoms with Crippen LogP contribution in [0.25, 0.3) is 0 Å². The molecule has 0 heterocycles. The molecule has 5 amide bonds. The van der Waals surface area contributed by atoms with Gasteiger partial charge >= 0.3 is 0 Å². The van der Waals surface area contributed by atoms with E-state index in [1.54, 1.807) is 7.11 Å². The summed E-state index contributed by atoms with van der Waals surface area (Å²) in [7, 11) is 1.68. The number of ether oxygens (including phenoxy) is 2. The summed E-state index contributed by atoms with van der Waals surface area (Å²) in [6.45, 7) is 2.75. The SMILES string of the molecule is COCCCCCCNC(=O)CC(CCCCNC(=O)COCCNC(=O)CCCCOO)NC(=O)CCCNC=O. The highest BCUT2D eigenvalue weighted by atomic mass is 17.1. The van der Waals surface area contributed by atoms with Crippen molar-refractivity contribution in [2.24, 2.45) is 0 Å². The van der Waals surface area contributed by atoms with Crippen molar-refractivity contribution in [2.75, 3.05) is 59.7 Å². The lowest BCUT2D eigenvalue weighted by Gasteiger charge is -2.19. The molecule has 0 aromatic rings. The first-order valence-electron chi connectivity index (χ1n) is 15.0. The number of carbonyl (C=O) groups is 5. The largest absolute Gasteiger partial charge is 0.385 e. The second-order valence-corrected chi connectivity index (χ2v) is 9.94. The zero-order valence-electron chi connectivity index (χ0n) is 25.2. The Morgan fingerprint density at radius 1 is 0.690 bits per heavy atom. The van der Waals surface area contributed by atoms with Crippen LogP contribution in [-0.2, 0) is 38.3 Å². The topological polar surface area (TPSA) is 193 Å². The summed E-state index contributed by atoms with van der Waals surface area (Å²) in [5, 5.41) is 22.1. The highest BCUT2D eigenvalue weighted by Gasteiger charge is 2.16. The normalized spacial score (nSPS) is 11.4. The molecule has 0 aromatic carbocycles. The van der Waals surface area contributed by atoms with Crippen molar-refractivity contribution in [1.29, 1.82) is 0 Å². The van der Waals surface area contributed by atoms with Gasteiger partial charge in [-0.3, -0.25) is 29.2 Å². The molecule has 0 aromatic heterocycles. The summed E-state index contributed by atoms with van der Waals surface area (Å²) in [5.41, 5.74) is 0. The molecule has 0 saturated carbocycles. The maximum absolute atomic E-state index is 12.5. The Morgan fingerprint density at radius 3 is 2.10 bits per heavy atom. The highest BCUT2D eigenvalue weighted by molar-refractivity contribution is 5.79. The molecule has 14 nitrogen and oxygen atoms in total. The van der Waals surface area contributed by atoms with Crippen LogP contribution in [0.3, 0.4) is 0 Å². The number of amides is 5. The van der Waals surface area contributed by atoms with Gasteiger partial charge < -0.3 is 36.1 Å². The quantitative estimate of drug-likeness (QED) is 0.0298. The Bertz CT molecular complexity index is 728. The number of hydrogen-bond acceptors (Lipinski definition) is 9. The van der Waals surface area contributed by atoms with Gasteiger partial charge in [0.15, 0.2) is 0 Å². The van der Waals surface area contributed by atoms with Crippen molar-refractivity contribution >= 4 is 30.0 Å². The van der Waals surface area contributed by atoms with E-state index in [0.29, 0.717) is 77.5 Å². The Hall–Kier alpha value is -2.81. The van der Waals surface area contributed by atoms with Crippen molar-refractivity contribution in [2.45, 2.75) is 89.5 Å². The molecular weight excluding hydrogens is 550 g/mol. The number of rotatable bonds is 30. The zero-order valence-corrected chi connectivity index (χ0v) is 25.2. The fraction of sp³-hybridized carbons (Fsp3) is 0.821. The third-order valence-electron chi connectivity index (χ3n) is 6.20. The van der Waals surface area contributed by atoms with Gasteiger partial charge in [0.25, 0.3) is 0 Å². The van der Waals surface area contributed by atoms with Gasteiger partial charge in [0.2, 0.25) is 30.0 Å². The van der Waals surface area contributed by atoms with E-state index in [1.165, 1.54) is 0 Å². The minimum atomic E-state index is -0.324. The maximum Gasteiger partial charge on any atom is 0.245 e. The van der Waals surface area contributed by atoms with E-state index >= 15 is 0 Å². The fourth-order valence-electron chi connectivity index (χ4n) is 3.95. The van der Waals surface area contributed by atoms with Crippen LogP contribution < -0.4 is 26.6 Å². The Labute approximate surface area is 249 Å². The van der Waals surface area contributed by atoms with Gasteiger partial charge in [0, 0.05) is 65.2 Å². The van der Waals surface area contributed by atoms with Crippen LogP contribution in [0.15, 0.2) is 0 Å². The molecule has 1 atom stereocenters. The Balaban J connectivity index is 4.20. The lowest BCUT2D eigenvalue weighted by Crippen LogP contribution is -2.39. The predicted octanol–water partition coefficient (Wildman–Crippen LogP) is 0.790. The van der Waals surface area contributed by atoms with Gasteiger partial charge in [-0.25, -0.2) is 4.89 Å². The molecule has 42 heavy (non-hydrogen) atoms. The van der Waals surface area contributed by atoms with E-state index in [2.05, 4.69) is 31.5 Å². The smallest absolute Gasteiger partial charge is 0.245 e. The third kappa shape index (κ3) is 27.4. The molecule has 14 heteroatoms. The minimum absolute atomic E-state index is 0.113. The standard InChI is InChI=1S/C28H53N5O9/c1-40-18-8-3-2-6-15-30-27(37)21-24(33-26(36)13-10-14-29-23-34)11-4-7-16-31-28(38)22-41-20-17-32-25(35)12-5-9-19-42-39/h23-24,39H,2-22H2,1H3,(H,29,34)(H,30,37)(H,31,38)(H,32,35)(H,33,36). The summed E-state index contributed by atoms with van der Waals surface area (Å²) in [4.78, 5) is 62.7. The Morgan fingerprint density at radius 2 is 1.36 bits per heavy atom. The molecule has 0 fully saturated rings. The predicted molar refractivity (Wildman–Crippen MR) is 156 cm³/mol. The van der Waals surface area contributed by atoms with E-state index in [0.717, 1.165) is 32.3 Å². The molecule has 0 bridgehead atoms. The molecule has 0 rings (SSSR count). The van der Waals surface area contributed by atoms with Crippen molar-refractivity contribution < 1.29 is 43.6 Å². The van der Waals surface area contributed by atoms with Crippen molar-refractivity contribution in [3.05, 3.63) is 0 Å². The number of nitrogens with one attached hydrogen (secondary N) is 5. The molecule has 0 aliphatic carbocycles. The van der Waals surface area contributed by atoms with Gasteiger partial charge in [-0.2, -0.15) is 0 Å². The second-order valence-electron chi connectivity index (χ2n) is 9.94. The van der Waals surface area contributed by atoms with Crippen LogP contribution in [0.2, 0.25) is 0 Å². The molecule has 0 aliphatic rings. The van der Waals surface area contributed by atoms with Gasteiger partial charge in [-0.05, 0) is 51.4 Å². The third-order valence-corrected chi connectivity index (χ3v) is 6.20. The monoisotopic (exact) mass is 603 g/mol. The first-order valence-corrected chi connectivity index (χ1v) is 15.0. The van der Waals surface area contributed by atoms with Crippen LogP contribution in [0.1, 0.15) is 83.5 Å². The molecule has 1 unspecified atom stereocenters. The van der Waals surface area contributed by atoms with Gasteiger partial charge in [0.05, 0.1) is 13.2 Å². The van der Waals surface area contributed by atoms with Crippen molar-refractivity contribution in [3.8, 4) is 0 Å². The average molecular weight is 604 g/mol. The maximum atomic E-state index is 12.5. The molecule has 6 N–H and O–H groups in total. The first-order chi connectivity index (χ1) is 20.4. The van der Waals surface area contributed by atoms with Gasteiger partial charge in [0.1, 0.15) is 6.61 Å². The van der Waals surface area contributed by atoms with Crippen LogP contribution >= 0.6 is 0 Å². The number of methoxy groups -OCH3 is 1. The van der Waals surface area contributed by atoms with Crippen molar-refractivity contribution in [3.63, 3.8) is 0 Å². The molecule has 0 radical (unpaired) electrons. The van der Waals surface area contributed by atoms with E-state index in [1.807, 2.05) is 0 Å². The summed E-state index contributed by atoms with van der Waals surface area (Å²) < 4.78 is 10.3. The highest BCUT2D eigenvalue weighted by Crippen LogP contribution is 2.07. The van der Waals surface area contributed by atoms with Gasteiger partial charge in [-0.15, -0.1) is 0 Å². The van der Waals surface area contributed by atoms with Gasteiger partial charge in [-0.1, -0.05) is 12.8 Å². The summed E-state index contributed by atoms with van der Waals surface area (Å²) in [6.07, 6.45) is 8.94. The van der Waals surface area contributed by atoms with E-state index in [9.17, 15) is 24.0 Å². The number of unbranched alkanes of at least 4 members (excludes halogenated alkanes) is 5. The summed E-state index contributed by atoms with van der Waals surface area (Å²) in [6, 6.07) is -0.324. The van der Waals surface area contributed by atoms with Crippen LogP contribution in [0.4, 0.5) is 0 Å². The first kappa shape index (κ1) is 39.2. The molecular formula is C28H53N5O9. The lowest BCUT2D eigenvalue weighted by molar-refractivity contribution is -0.242. The zero-order chi connectivity index (χ0) is 31.1.